The van der Waals surface area contributed by atoms with E-state index in [2.05, 4.69) is 32.5 Å². The Morgan fingerprint density at radius 3 is 2.48 bits per heavy atom. The number of alkyl halides is 3. The third kappa shape index (κ3) is 7.76. The quantitative estimate of drug-likeness (QED) is 0.448. The van der Waals surface area contributed by atoms with Crippen LogP contribution in [0.5, 0.6) is 0 Å². The van der Waals surface area contributed by atoms with Gasteiger partial charge in [0.25, 0.3) is 0 Å². The monoisotopic (exact) mass is 385 g/mol. The van der Waals surface area contributed by atoms with Crippen LogP contribution < -0.4 is 10.6 Å². The maximum absolute atomic E-state index is 12.6. The largest absolute Gasteiger partial charge is 0.416 e. The third-order valence-corrected chi connectivity index (χ3v) is 4.72. The van der Waals surface area contributed by atoms with Crippen molar-refractivity contribution >= 4 is 5.96 Å². The summed E-state index contributed by atoms with van der Waals surface area (Å²) in [4.78, 5) is 9.02. The maximum atomic E-state index is 12.6. The van der Waals surface area contributed by atoms with E-state index >= 15 is 0 Å². The van der Waals surface area contributed by atoms with E-state index < -0.39 is 11.7 Å². The molecule has 5 nitrogen and oxygen atoms in total. The van der Waals surface area contributed by atoms with Gasteiger partial charge in [-0.05, 0) is 57.2 Å². The van der Waals surface area contributed by atoms with Gasteiger partial charge >= 0.3 is 6.18 Å². The van der Waals surface area contributed by atoms with Crippen LogP contribution in [0.15, 0.2) is 29.3 Å². The van der Waals surface area contributed by atoms with Crippen molar-refractivity contribution in [3.05, 3.63) is 35.4 Å². The van der Waals surface area contributed by atoms with Gasteiger partial charge in [-0.2, -0.15) is 13.2 Å². The van der Waals surface area contributed by atoms with Crippen molar-refractivity contribution in [2.24, 2.45) is 4.99 Å². The Labute approximate surface area is 159 Å². The molecule has 0 unspecified atom stereocenters. The summed E-state index contributed by atoms with van der Waals surface area (Å²) in [6.07, 6.45) is -2.07. The van der Waals surface area contributed by atoms with Crippen LogP contribution in [-0.2, 0) is 12.7 Å². The predicted octanol–water partition coefficient (Wildman–Crippen LogP) is 2.40. The van der Waals surface area contributed by atoms with Gasteiger partial charge in [0, 0.05) is 33.2 Å². The van der Waals surface area contributed by atoms with E-state index in [-0.39, 0.29) is 0 Å². The molecular formula is C19H30F3N5. The summed E-state index contributed by atoms with van der Waals surface area (Å²) in [5, 5.41) is 6.40. The molecule has 0 amide bonds. The van der Waals surface area contributed by atoms with Crippen LogP contribution in [0.4, 0.5) is 13.2 Å². The molecule has 27 heavy (non-hydrogen) atoms. The Hall–Kier alpha value is -1.80. The number of hydrogen-bond donors (Lipinski definition) is 2. The summed E-state index contributed by atoms with van der Waals surface area (Å²) in [7, 11) is 3.85. The summed E-state index contributed by atoms with van der Waals surface area (Å²) in [6.45, 7) is 6.81. The molecule has 2 N–H and O–H groups in total. The normalized spacial score (nSPS) is 17.6. The van der Waals surface area contributed by atoms with E-state index in [4.69, 9.17) is 0 Å². The first kappa shape index (κ1) is 21.5. The molecule has 1 aliphatic heterocycles. The van der Waals surface area contributed by atoms with Crippen LogP contribution >= 0.6 is 0 Å². The first-order valence-electron chi connectivity index (χ1n) is 9.40. The van der Waals surface area contributed by atoms with Crippen LogP contribution in [0, 0.1) is 0 Å². The molecule has 1 heterocycles. The van der Waals surface area contributed by atoms with Crippen LogP contribution in [0.25, 0.3) is 0 Å². The standard InChI is InChI=1S/C19H30F3N5/c1-23-18(24-9-3-11-27-12-4-10-26(2)13-14-27)25-15-16-5-7-17(8-6-16)19(20,21)22/h5-8H,3-4,9-15H2,1-2H3,(H2,23,24,25). The zero-order valence-electron chi connectivity index (χ0n) is 16.1. The lowest BCUT2D eigenvalue weighted by Gasteiger charge is -2.20. The van der Waals surface area contributed by atoms with Crippen molar-refractivity contribution in [2.45, 2.75) is 25.6 Å². The zero-order chi connectivity index (χ0) is 19.7. The van der Waals surface area contributed by atoms with Crippen molar-refractivity contribution in [2.75, 3.05) is 53.4 Å². The molecule has 8 heteroatoms. The second-order valence-electron chi connectivity index (χ2n) is 6.90. The van der Waals surface area contributed by atoms with Crippen molar-refractivity contribution in [3.63, 3.8) is 0 Å². The van der Waals surface area contributed by atoms with Crippen LogP contribution in [-0.4, -0.2) is 69.1 Å². The second-order valence-corrected chi connectivity index (χ2v) is 6.90. The van der Waals surface area contributed by atoms with E-state index in [0.29, 0.717) is 12.5 Å². The van der Waals surface area contributed by atoms with Crippen molar-refractivity contribution in [1.82, 2.24) is 20.4 Å². The van der Waals surface area contributed by atoms with Gasteiger partial charge in [-0.25, -0.2) is 0 Å². The number of aliphatic imine (C=N–C) groups is 1. The number of nitrogens with one attached hydrogen (secondary N) is 2. The topological polar surface area (TPSA) is 42.9 Å². The lowest BCUT2D eigenvalue weighted by Crippen LogP contribution is -2.38. The molecule has 1 fully saturated rings. The van der Waals surface area contributed by atoms with Gasteiger partial charge in [0.2, 0.25) is 0 Å². The Morgan fingerprint density at radius 1 is 1.07 bits per heavy atom. The van der Waals surface area contributed by atoms with E-state index in [1.54, 1.807) is 7.05 Å². The van der Waals surface area contributed by atoms with Gasteiger partial charge in [0.1, 0.15) is 0 Å². The van der Waals surface area contributed by atoms with E-state index in [1.807, 2.05) is 0 Å². The number of guanidine groups is 1. The van der Waals surface area contributed by atoms with E-state index in [9.17, 15) is 13.2 Å². The summed E-state index contributed by atoms with van der Waals surface area (Å²) in [6, 6.07) is 5.18. The molecule has 0 aliphatic carbocycles. The Kier molecular flexibility index (Phi) is 8.37. The maximum Gasteiger partial charge on any atom is 0.416 e. The highest BCUT2D eigenvalue weighted by Gasteiger charge is 2.29. The van der Waals surface area contributed by atoms with Gasteiger partial charge in [0.15, 0.2) is 5.96 Å². The average Bonchev–Trinajstić information content (AvgIpc) is 2.85. The molecule has 1 aromatic rings. The fraction of sp³-hybridized carbons (Fsp3) is 0.632. The minimum atomic E-state index is -4.30. The zero-order valence-corrected chi connectivity index (χ0v) is 16.1. The van der Waals surface area contributed by atoms with Crippen molar-refractivity contribution in [3.8, 4) is 0 Å². The molecule has 0 aromatic heterocycles. The smallest absolute Gasteiger partial charge is 0.356 e. The lowest BCUT2D eigenvalue weighted by atomic mass is 10.1. The highest BCUT2D eigenvalue weighted by molar-refractivity contribution is 5.79. The number of halogens is 3. The Morgan fingerprint density at radius 2 is 1.81 bits per heavy atom. The fourth-order valence-corrected chi connectivity index (χ4v) is 3.05. The number of hydrogen-bond acceptors (Lipinski definition) is 3. The first-order valence-corrected chi connectivity index (χ1v) is 9.40. The van der Waals surface area contributed by atoms with Gasteiger partial charge in [-0.3, -0.25) is 4.99 Å². The molecule has 0 spiro atoms. The molecular weight excluding hydrogens is 355 g/mol. The van der Waals surface area contributed by atoms with Crippen LogP contribution in [0.1, 0.15) is 24.0 Å². The number of rotatable bonds is 6. The highest BCUT2D eigenvalue weighted by atomic mass is 19.4. The van der Waals surface area contributed by atoms with Crippen LogP contribution in [0.3, 0.4) is 0 Å². The lowest BCUT2D eigenvalue weighted by molar-refractivity contribution is -0.137. The fourth-order valence-electron chi connectivity index (χ4n) is 3.05. The van der Waals surface area contributed by atoms with Gasteiger partial charge in [-0.1, -0.05) is 12.1 Å². The summed E-state index contributed by atoms with van der Waals surface area (Å²) in [5.74, 6) is 0.658. The molecule has 0 bridgehead atoms. The Balaban J connectivity index is 1.67. The van der Waals surface area contributed by atoms with Gasteiger partial charge in [0.05, 0.1) is 5.56 Å². The molecule has 0 atom stereocenters. The molecule has 0 radical (unpaired) electrons. The molecule has 0 saturated carbocycles. The van der Waals surface area contributed by atoms with E-state index in [1.165, 1.54) is 18.6 Å². The molecule has 1 aromatic carbocycles. The van der Waals surface area contributed by atoms with Crippen molar-refractivity contribution in [1.29, 1.82) is 0 Å². The SMILES string of the molecule is CN=C(NCCCN1CCCN(C)CC1)NCc1ccc(C(F)(F)F)cc1. The van der Waals surface area contributed by atoms with Gasteiger partial charge in [-0.15, -0.1) is 0 Å². The summed E-state index contributed by atoms with van der Waals surface area (Å²) >= 11 is 0. The van der Waals surface area contributed by atoms with Crippen LogP contribution in [0.2, 0.25) is 0 Å². The predicted molar refractivity (Wildman–Crippen MR) is 103 cm³/mol. The first-order chi connectivity index (χ1) is 12.9. The summed E-state index contributed by atoms with van der Waals surface area (Å²) < 4.78 is 37.8. The minimum absolute atomic E-state index is 0.427. The average molecular weight is 385 g/mol. The molecule has 2 rings (SSSR count). The second kappa shape index (κ2) is 10.5. The minimum Gasteiger partial charge on any atom is -0.356 e. The molecule has 1 aliphatic rings. The third-order valence-electron chi connectivity index (χ3n) is 4.72. The van der Waals surface area contributed by atoms with E-state index in [0.717, 1.165) is 63.4 Å². The molecule has 1 saturated heterocycles. The van der Waals surface area contributed by atoms with Crippen molar-refractivity contribution < 1.29 is 13.2 Å². The number of likely N-dealkylation sites (N-methyl/N-ethyl adjacent to an activating group) is 1. The Bertz CT molecular complexity index is 586. The number of benzene rings is 1. The van der Waals surface area contributed by atoms with Gasteiger partial charge < -0.3 is 20.4 Å². The number of nitrogens with zero attached hydrogens (tertiary/aromatic N) is 3. The molecule has 152 valence electrons. The highest BCUT2D eigenvalue weighted by Crippen LogP contribution is 2.28. The summed E-state index contributed by atoms with van der Waals surface area (Å²) in [5.41, 5.74) is 0.146.